The van der Waals surface area contributed by atoms with Gasteiger partial charge in [-0.3, -0.25) is 5.84 Å². The topological polar surface area (TPSA) is 44.5 Å². The van der Waals surface area contributed by atoms with Crippen LogP contribution in [0.4, 0.5) is 0 Å². The van der Waals surface area contributed by atoms with Crippen LogP contribution in [0.1, 0.15) is 6.92 Å². The summed E-state index contributed by atoms with van der Waals surface area (Å²) >= 11 is 0. The maximum Gasteiger partial charge on any atom is 0.0272 e. The van der Waals surface area contributed by atoms with Crippen LogP contribution in [0.3, 0.4) is 0 Å². The molecule has 0 radical (unpaired) electrons. The molecule has 1 aliphatic heterocycles. The number of hydrogen-bond donors (Lipinski definition) is 2. The average Bonchev–Trinajstić information content (AvgIpc) is 2.05. The fourth-order valence-corrected chi connectivity index (χ4v) is 1.11. The predicted octanol–water partition coefficient (Wildman–Crippen LogP) is -0.998. The molecule has 1 fully saturated rings. The first-order valence-electron chi connectivity index (χ1n) is 3.82. The van der Waals surface area contributed by atoms with E-state index in [9.17, 15) is 0 Å². The Kier molecular flexibility index (Phi) is 3.08. The van der Waals surface area contributed by atoms with E-state index in [1.807, 2.05) is 0 Å². The fourth-order valence-electron chi connectivity index (χ4n) is 1.11. The lowest BCUT2D eigenvalue weighted by molar-refractivity contribution is -0.0310. The molecule has 0 aliphatic carbocycles. The molecule has 0 unspecified atom stereocenters. The summed E-state index contributed by atoms with van der Waals surface area (Å²) in [6, 6.07) is 0. The molecule has 60 valence electrons. The number of hydrazine groups is 2. The van der Waals surface area contributed by atoms with Crippen LogP contribution in [-0.2, 0) is 0 Å². The summed E-state index contributed by atoms with van der Waals surface area (Å²) < 4.78 is 0. The Morgan fingerprint density at radius 1 is 1.50 bits per heavy atom. The Morgan fingerprint density at radius 2 is 2.10 bits per heavy atom. The zero-order chi connectivity index (χ0) is 7.40. The average molecular weight is 144 g/mol. The van der Waals surface area contributed by atoms with Gasteiger partial charge in [0.25, 0.3) is 0 Å². The van der Waals surface area contributed by atoms with E-state index >= 15 is 0 Å². The highest BCUT2D eigenvalue weighted by molar-refractivity contribution is 4.63. The molecule has 0 aromatic heterocycles. The van der Waals surface area contributed by atoms with Crippen LogP contribution in [0.25, 0.3) is 0 Å². The Hall–Kier alpha value is -0.160. The van der Waals surface area contributed by atoms with E-state index in [0.717, 1.165) is 32.7 Å². The van der Waals surface area contributed by atoms with Crippen molar-refractivity contribution in [1.82, 2.24) is 15.4 Å². The van der Waals surface area contributed by atoms with Crippen molar-refractivity contribution in [3.05, 3.63) is 0 Å². The largest absolute Gasteiger partial charge is 0.314 e. The van der Waals surface area contributed by atoms with Gasteiger partial charge in [-0.05, 0) is 6.92 Å². The molecule has 0 aromatic carbocycles. The number of piperazine rings is 1. The highest BCUT2D eigenvalue weighted by atomic mass is 15.7. The van der Waals surface area contributed by atoms with Crippen molar-refractivity contribution < 1.29 is 0 Å². The van der Waals surface area contributed by atoms with Crippen molar-refractivity contribution in [2.75, 3.05) is 32.7 Å². The molecule has 1 saturated heterocycles. The van der Waals surface area contributed by atoms with E-state index in [2.05, 4.69) is 17.2 Å². The molecule has 4 heteroatoms. The molecule has 1 aliphatic rings. The number of hydrogen-bond acceptors (Lipinski definition) is 4. The molecular formula is C6H16N4. The van der Waals surface area contributed by atoms with Crippen molar-refractivity contribution in [2.45, 2.75) is 6.92 Å². The summed E-state index contributed by atoms with van der Waals surface area (Å²) in [6.45, 7) is 7.11. The van der Waals surface area contributed by atoms with Crippen LogP contribution < -0.4 is 11.2 Å². The molecule has 1 rings (SSSR count). The third-order valence-corrected chi connectivity index (χ3v) is 1.78. The highest BCUT2D eigenvalue weighted by Gasteiger charge is 2.12. The van der Waals surface area contributed by atoms with Gasteiger partial charge in [0.1, 0.15) is 0 Å². The molecule has 1 heterocycles. The third kappa shape index (κ3) is 1.91. The van der Waals surface area contributed by atoms with Crippen molar-refractivity contribution in [3.8, 4) is 0 Å². The first-order chi connectivity index (χ1) is 4.84. The summed E-state index contributed by atoms with van der Waals surface area (Å²) in [4.78, 5) is 0. The van der Waals surface area contributed by atoms with Crippen molar-refractivity contribution in [2.24, 2.45) is 5.84 Å². The molecule has 4 nitrogen and oxygen atoms in total. The zero-order valence-electron chi connectivity index (χ0n) is 6.51. The van der Waals surface area contributed by atoms with Gasteiger partial charge in [0.05, 0.1) is 0 Å². The monoisotopic (exact) mass is 144 g/mol. The Bertz CT molecular complexity index is 89.7. The van der Waals surface area contributed by atoms with E-state index in [4.69, 9.17) is 5.84 Å². The second-order valence-electron chi connectivity index (χ2n) is 2.46. The standard InChI is InChI=1S/C6H16N4/c1-2-10(7)9-5-3-8-4-6-9/h8H,2-7H2,1H3. The maximum absolute atomic E-state index is 5.68. The van der Waals surface area contributed by atoms with Crippen LogP contribution >= 0.6 is 0 Å². The highest BCUT2D eigenvalue weighted by Crippen LogP contribution is 1.92. The van der Waals surface area contributed by atoms with Crippen LogP contribution in [-0.4, -0.2) is 42.9 Å². The third-order valence-electron chi connectivity index (χ3n) is 1.78. The molecule has 0 spiro atoms. The zero-order valence-corrected chi connectivity index (χ0v) is 6.51. The van der Waals surface area contributed by atoms with Crippen LogP contribution in [0.5, 0.6) is 0 Å². The van der Waals surface area contributed by atoms with Crippen LogP contribution in [0, 0.1) is 0 Å². The van der Waals surface area contributed by atoms with Gasteiger partial charge in [-0.25, -0.2) is 5.01 Å². The van der Waals surface area contributed by atoms with Crippen LogP contribution in [0.2, 0.25) is 0 Å². The molecule has 0 atom stereocenters. The molecule has 0 saturated carbocycles. The first kappa shape index (κ1) is 7.94. The van der Waals surface area contributed by atoms with Crippen molar-refractivity contribution >= 4 is 0 Å². The van der Waals surface area contributed by atoms with Gasteiger partial charge in [-0.15, -0.1) is 0 Å². The molecule has 3 N–H and O–H groups in total. The molecule has 0 bridgehead atoms. The van der Waals surface area contributed by atoms with Crippen LogP contribution in [0.15, 0.2) is 0 Å². The summed E-state index contributed by atoms with van der Waals surface area (Å²) in [5.74, 6) is 5.68. The number of nitrogens with zero attached hydrogens (tertiary/aromatic N) is 2. The van der Waals surface area contributed by atoms with E-state index in [-0.39, 0.29) is 0 Å². The summed E-state index contributed by atoms with van der Waals surface area (Å²) in [5.41, 5.74) is 0. The van der Waals surface area contributed by atoms with Gasteiger partial charge in [0, 0.05) is 32.7 Å². The number of nitrogens with two attached hydrogens (primary N) is 1. The lowest BCUT2D eigenvalue weighted by atomic mass is 10.4. The minimum Gasteiger partial charge on any atom is -0.314 e. The number of nitrogens with one attached hydrogen (secondary N) is 1. The Balaban J connectivity index is 2.24. The smallest absolute Gasteiger partial charge is 0.0272 e. The fraction of sp³-hybridized carbons (Fsp3) is 1.00. The lowest BCUT2D eigenvalue weighted by Crippen LogP contribution is -2.55. The maximum atomic E-state index is 5.68. The van der Waals surface area contributed by atoms with Gasteiger partial charge in [0.15, 0.2) is 0 Å². The van der Waals surface area contributed by atoms with Gasteiger partial charge in [-0.2, -0.15) is 5.12 Å². The van der Waals surface area contributed by atoms with E-state index < -0.39 is 0 Å². The Labute approximate surface area is 61.9 Å². The van der Waals surface area contributed by atoms with Gasteiger partial charge < -0.3 is 5.32 Å². The quantitative estimate of drug-likeness (QED) is 0.385. The van der Waals surface area contributed by atoms with Gasteiger partial charge >= 0.3 is 0 Å². The van der Waals surface area contributed by atoms with Crippen molar-refractivity contribution in [1.29, 1.82) is 0 Å². The van der Waals surface area contributed by atoms with Crippen molar-refractivity contribution in [3.63, 3.8) is 0 Å². The SMILES string of the molecule is CCN(N)N1CCNCC1. The van der Waals surface area contributed by atoms with E-state index in [1.165, 1.54) is 0 Å². The first-order valence-corrected chi connectivity index (χ1v) is 3.82. The predicted molar refractivity (Wildman–Crippen MR) is 41.0 cm³/mol. The van der Waals surface area contributed by atoms with E-state index in [0.29, 0.717) is 0 Å². The Morgan fingerprint density at radius 3 is 2.60 bits per heavy atom. The summed E-state index contributed by atoms with van der Waals surface area (Å²) in [6.07, 6.45) is 0. The second-order valence-corrected chi connectivity index (χ2v) is 2.46. The van der Waals surface area contributed by atoms with Gasteiger partial charge in [0.2, 0.25) is 0 Å². The lowest BCUT2D eigenvalue weighted by Gasteiger charge is -2.33. The number of rotatable bonds is 2. The van der Waals surface area contributed by atoms with Gasteiger partial charge in [-0.1, -0.05) is 0 Å². The minimum absolute atomic E-state index is 0.889. The summed E-state index contributed by atoms with van der Waals surface area (Å²) in [5, 5.41) is 7.21. The second kappa shape index (κ2) is 3.88. The molecule has 0 aromatic rings. The summed E-state index contributed by atoms with van der Waals surface area (Å²) in [7, 11) is 0. The molecular weight excluding hydrogens is 128 g/mol. The normalized spacial score (nSPS) is 21.9. The van der Waals surface area contributed by atoms with E-state index in [1.54, 1.807) is 5.12 Å². The molecule has 0 amide bonds. The minimum atomic E-state index is 0.889. The molecule has 10 heavy (non-hydrogen) atoms.